The lowest BCUT2D eigenvalue weighted by Gasteiger charge is -2.21. The number of benzene rings is 2. The maximum atomic E-state index is 14.6. The van der Waals surface area contributed by atoms with Crippen molar-refractivity contribution in [1.82, 2.24) is 15.3 Å². The largest absolute Gasteiger partial charge is 0.344 e. The van der Waals surface area contributed by atoms with E-state index in [0.29, 0.717) is 6.54 Å². The van der Waals surface area contributed by atoms with E-state index in [1.165, 1.54) is 32.1 Å². The Labute approximate surface area is 154 Å². The van der Waals surface area contributed by atoms with E-state index < -0.39 is 0 Å². The van der Waals surface area contributed by atoms with Gasteiger partial charge in [0.2, 0.25) is 0 Å². The van der Waals surface area contributed by atoms with Gasteiger partial charge in [-0.3, -0.25) is 0 Å². The maximum Gasteiger partial charge on any atom is 0.128 e. The highest BCUT2D eigenvalue weighted by atomic mass is 19.1. The summed E-state index contributed by atoms with van der Waals surface area (Å²) in [4.78, 5) is 7.45. The van der Waals surface area contributed by atoms with Crippen LogP contribution in [0.4, 0.5) is 4.39 Å². The number of hydrogen-bond donors (Lipinski definition) is 2. The van der Waals surface area contributed by atoms with Crippen LogP contribution in [0.25, 0.3) is 22.2 Å². The summed E-state index contributed by atoms with van der Waals surface area (Å²) < 4.78 is 14.6. The zero-order valence-electron chi connectivity index (χ0n) is 15.3. The Balaban J connectivity index is 1.47. The Kier molecular flexibility index (Phi) is 5.02. The van der Waals surface area contributed by atoms with Gasteiger partial charge in [0.1, 0.15) is 5.82 Å². The number of fused-ring (bicyclic) bond motifs is 1. The minimum atomic E-state index is -0.136. The Morgan fingerprint density at radius 2 is 2.00 bits per heavy atom. The van der Waals surface area contributed by atoms with Crippen molar-refractivity contribution in [2.24, 2.45) is 5.92 Å². The van der Waals surface area contributed by atoms with Crippen LogP contribution in [0.2, 0.25) is 0 Å². The average molecular weight is 351 g/mol. The molecule has 1 saturated carbocycles. The molecule has 26 heavy (non-hydrogen) atoms. The summed E-state index contributed by atoms with van der Waals surface area (Å²) in [5, 5.41) is 3.45. The molecule has 0 saturated heterocycles. The molecular formula is C22H26FN3. The second-order valence-corrected chi connectivity index (χ2v) is 7.48. The summed E-state index contributed by atoms with van der Waals surface area (Å²) in [5.74, 6) is 0.623. The molecule has 2 N–H and O–H groups in total. The first-order valence-corrected chi connectivity index (χ1v) is 9.64. The van der Waals surface area contributed by atoms with Crippen LogP contribution in [-0.2, 0) is 6.54 Å². The third-order valence-electron chi connectivity index (χ3n) is 5.69. The molecule has 0 unspecified atom stereocenters. The molecular weight excluding hydrogens is 325 g/mol. The Bertz CT molecular complexity index is 894. The van der Waals surface area contributed by atoms with Gasteiger partial charge in [0.15, 0.2) is 0 Å². The van der Waals surface area contributed by atoms with Gasteiger partial charge in [0, 0.05) is 12.1 Å². The lowest BCUT2D eigenvalue weighted by Crippen LogP contribution is -2.24. The Morgan fingerprint density at radius 1 is 1.15 bits per heavy atom. The van der Waals surface area contributed by atoms with E-state index in [1.807, 2.05) is 31.2 Å². The van der Waals surface area contributed by atoms with E-state index in [9.17, 15) is 4.39 Å². The van der Waals surface area contributed by atoms with Gasteiger partial charge in [0.25, 0.3) is 0 Å². The fraction of sp³-hybridized carbons (Fsp3) is 0.409. The topological polar surface area (TPSA) is 40.7 Å². The molecule has 0 aliphatic heterocycles. The van der Waals surface area contributed by atoms with E-state index in [2.05, 4.69) is 15.3 Å². The molecule has 2 aromatic carbocycles. The molecule has 4 rings (SSSR count). The quantitative estimate of drug-likeness (QED) is 0.651. The number of imidazole rings is 1. The molecule has 1 fully saturated rings. The third kappa shape index (κ3) is 3.51. The van der Waals surface area contributed by atoms with Gasteiger partial charge in [-0.05, 0) is 61.1 Å². The number of halogens is 1. The summed E-state index contributed by atoms with van der Waals surface area (Å²) in [6.07, 6.45) is 8.37. The number of hydrogen-bond acceptors (Lipinski definition) is 2. The van der Waals surface area contributed by atoms with Crippen LogP contribution in [0.15, 0.2) is 36.7 Å². The number of nitrogens with zero attached hydrogens (tertiary/aromatic N) is 1. The molecule has 0 atom stereocenters. The van der Waals surface area contributed by atoms with E-state index in [4.69, 9.17) is 0 Å². The van der Waals surface area contributed by atoms with Crippen molar-refractivity contribution in [3.63, 3.8) is 0 Å². The molecule has 0 radical (unpaired) electrons. The molecule has 3 aromatic rings. The van der Waals surface area contributed by atoms with E-state index >= 15 is 0 Å². The van der Waals surface area contributed by atoms with Crippen LogP contribution in [0.5, 0.6) is 0 Å². The molecule has 0 amide bonds. The van der Waals surface area contributed by atoms with Gasteiger partial charge in [-0.1, -0.05) is 37.5 Å². The number of aromatic nitrogens is 2. The zero-order chi connectivity index (χ0) is 17.9. The Morgan fingerprint density at radius 3 is 2.81 bits per heavy atom. The summed E-state index contributed by atoms with van der Waals surface area (Å²) in [7, 11) is 0. The lowest BCUT2D eigenvalue weighted by molar-refractivity contribution is 0.341. The number of aromatic amines is 1. The normalized spacial score (nSPS) is 15.6. The van der Waals surface area contributed by atoms with Crippen LogP contribution < -0.4 is 5.32 Å². The zero-order valence-corrected chi connectivity index (χ0v) is 15.3. The molecule has 1 heterocycles. The molecule has 136 valence electrons. The minimum absolute atomic E-state index is 0.136. The lowest BCUT2D eigenvalue weighted by atomic mass is 9.89. The Hall–Kier alpha value is -2.20. The highest BCUT2D eigenvalue weighted by Gasteiger charge is 2.14. The summed E-state index contributed by atoms with van der Waals surface area (Å²) in [5.41, 5.74) is 5.75. The van der Waals surface area contributed by atoms with Crippen LogP contribution in [0.3, 0.4) is 0 Å². The van der Waals surface area contributed by atoms with Crippen LogP contribution in [0, 0.1) is 18.7 Å². The van der Waals surface area contributed by atoms with Gasteiger partial charge in [-0.2, -0.15) is 0 Å². The molecule has 3 nitrogen and oxygen atoms in total. The van der Waals surface area contributed by atoms with Crippen molar-refractivity contribution in [2.75, 3.05) is 6.54 Å². The predicted molar refractivity (Wildman–Crippen MR) is 105 cm³/mol. The van der Waals surface area contributed by atoms with Crippen molar-refractivity contribution < 1.29 is 4.39 Å². The number of nitrogens with one attached hydrogen (secondary N) is 2. The van der Waals surface area contributed by atoms with Crippen molar-refractivity contribution in [1.29, 1.82) is 0 Å². The van der Waals surface area contributed by atoms with Gasteiger partial charge < -0.3 is 10.3 Å². The fourth-order valence-corrected chi connectivity index (χ4v) is 4.13. The predicted octanol–water partition coefficient (Wildman–Crippen LogP) is 5.35. The monoisotopic (exact) mass is 351 g/mol. The summed E-state index contributed by atoms with van der Waals surface area (Å²) in [6.45, 7) is 3.64. The van der Waals surface area contributed by atoms with Gasteiger partial charge in [-0.25, -0.2) is 9.37 Å². The standard InChI is InChI=1S/C22H26FN3/c1-15-19(9-10-21-22(15)26-14-25-21)17-7-8-18(20(23)11-17)13-24-12-16-5-3-2-4-6-16/h7-11,14,16,24H,2-6,12-13H2,1H3,(H,25,26). The second kappa shape index (κ2) is 7.58. The molecule has 4 heteroatoms. The van der Waals surface area contributed by atoms with E-state index in [-0.39, 0.29) is 5.82 Å². The van der Waals surface area contributed by atoms with Gasteiger partial charge in [0.05, 0.1) is 17.4 Å². The van der Waals surface area contributed by atoms with Crippen molar-refractivity contribution in [2.45, 2.75) is 45.6 Å². The second-order valence-electron chi connectivity index (χ2n) is 7.48. The molecule has 0 spiro atoms. The molecule has 1 aromatic heterocycles. The van der Waals surface area contributed by atoms with Crippen LogP contribution >= 0.6 is 0 Å². The van der Waals surface area contributed by atoms with Gasteiger partial charge in [-0.15, -0.1) is 0 Å². The fourth-order valence-electron chi connectivity index (χ4n) is 4.13. The minimum Gasteiger partial charge on any atom is -0.344 e. The summed E-state index contributed by atoms with van der Waals surface area (Å²) >= 11 is 0. The summed E-state index contributed by atoms with van der Waals surface area (Å²) in [6, 6.07) is 9.59. The van der Waals surface area contributed by atoms with E-state index in [0.717, 1.165) is 45.7 Å². The van der Waals surface area contributed by atoms with E-state index in [1.54, 1.807) is 12.4 Å². The smallest absolute Gasteiger partial charge is 0.128 e. The first kappa shape index (κ1) is 17.2. The SMILES string of the molecule is Cc1c(-c2ccc(CNCC3CCCCC3)c(F)c2)ccc2nc[nH]c12. The highest BCUT2D eigenvalue weighted by Crippen LogP contribution is 2.29. The number of rotatable bonds is 5. The first-order chi connectivity index (χ1) is 12.7. The van der Waals surface area contributed by atoms with Crippen LogP contribution in [-0.4, -0.2) is 16.5 Å². The third-order valence-corrected chi connectivity index (χ3v) is 5.69. The average Bonchev–Trinajstić information content (AvgIpc) is 3.14. The van der Waals surface area contributed by atoms with Crippen molar-refractivity contribution in [3.8, 4) is 11.1 Å². The number of H-pyrrole nitrogens is 1. The highest BCUT2D eigenvalue weighted by molar-refractivity contribution is 5.86. The van der Waals surface area contributed by atoms with Crippen molar-refractivity contribution >= 4 is 11.0 Å². The molecule has 1 aliphatic carbocycles. The molecule has 1 aliphatic rings. The first-order valence-electron chi connectivity index (χ1n) is 9.64. The molecule has 0 bridgehead atoms. The van der Waals surface area contributed by atoms with Crippen molar-refractivity contribution in [3.05, 3.63) is 53.6 Å². The number of aryl methyl sites for hydroxylation is 1. The maximum absolute atomic E-state index is 14.6. The van der Waals surface area contributed by atoms with Crippen LogP contribution in [0.1, 0.15) is 43.2 Å². The van der Waals surface area contributed by atoms with Gasteiger partial charge >= 0.3 is 0 Å².